The molecule has 140 valence electrons. The molecule has 0 bridgehead atoms. The van der Waals surface area contributed by atoms with Crippen LogP contribution in [0.15, 0.2) is 30.7 Å². The van der Waals surface area contributed by atoms with Crippen LogP contribution in [0.3, 0.4) is 0 Å². The molecule has 1 aromatic carbocycles. The second-order valence-corrected chi connectivity index (χ2v) is 6.54. The maximum Gasteiger partial charge on any atom is 0.414 e. The molecule has 0 aliphatic carbocycles. The first kappa shape index (κ1) is 17.2. The summed E-state index contributed by atoms with van der Waals surface area (Å²) in [6, 6.07) is 4.67. The Morgan fingerprint density at radius 3 is 3.00 bits per heavy atom. The summed E-state index contributed by atoms with van der Waals surface area (Å²) in [7, 11) is 0. The maximum atomic E-state index is 14.7. The maximum absolute atomic E-state index is 14.7. The number of nitrogens with one attached hydrogen (secondary N) is 1. The molecular formula is C18H18FN5O3. The third-order valence-electron chi connectivity index (χ3n) is 4.62. The van der Waals surface area contributed by atoms with Crippen LogP contribution in [-0.2, 0) is 22.6 Å². The van der Waals surface area contributed by atoms with E-state index in [1.165, 1.54) is 24.2 Å². The number of aromatic nitrogens is 2. The topological polar surface area (TPSA) is 87.7 Å². The highest BCUT2D eigenvalue weighted by molar-refractivity contribution is 5.90. The van der Waals surface area contributed by atoms with Gasteiger partial charge in [0.2, 0.25) is 5.91 Å². The number of fused-ring (bicyclic) bond motifs is 1. The number of hydrogen-bond acceptors (Lipinski definition) is 6. The predicted molar refractivity (Wildman–Crippen MR) is 94.6 cm³/mol. The lowest BCUT2D eigenvalue weighted by atomic mass is 10.2. The van der Waals surface area contributed by atoms with Gasteiger partial charge >= 0.3 is 6.09 Å². The van der Waals surface area contributed by atoms with Crippen molar-refractivity contribution in [2.75, 3.05) is 22.9 Å². The van der Waals surface area contributed by atoms with E-state index in [0.29, 0.717) is 24.5 Å². The number of anilines is 2. The van der Waals surface area contributed by atoms with Crippen molar-refractivity contribution in [2.24, 2.45) is 0 Å². The van der Waals surface area contributed by atoms with E-state index in [2.05, 4.69) is 15.3 Å². The van der Waals surface area contributed by atoms with Crippen molar-refractivity contribution < 1.29 is 18.7 Å². The van der Waals surface area contributed by atoms with Gasteiger partial charge in [-0.2, -0.15) is 0 Å². The highest BCUT2D eigenvalue weighted by Gasteiger charge is 2.33. The molecule has 0 spiro atoms. The standard InChI is InChI=1S/C18H18FN5O3/c1-11(25)21-6-14-8-24(18(26)27-14)13-2-3-17(15(19)4-13)23-7-12-5-20-10-22-16(12)9-23/h2-5,10,14H,6-9H2,1H3,(H,21,25)/t14-/m0/s1. The van der Waals surface area contributed by atoms with E-state index in [1.54, 1.807) is 18.3 Å². The number of hydrogen-bond donors (Lipinski definition) is 1. The molecule has 1 fully saturated rings. The van der Waals surface area contributed by atoms with Crippen LogP contribution in [0.25, 0.3) is 0 Å². The summed E-state index contributed by atoms with van der Waals surface area (Å²) in [5.74, 6) is -0.623. The number of carbonyl (C=O) groups excluding carboxylic acids is 2. The molecule has 1 saturated heterocycles. The van der Waals surface area contributed by atoms with Crippen molar-refractivity contribution >= 4 is 23.4 Å². The van der Waals surface area contributed by atoms with Gasteiger partial charge in [-0.1, -0.05) is 0 Å². The Morgan fingerprint density at radius 2 is 2.26 bits per heavy atom. The fourth-order valence-electron chi connectivity index (χ4n) is 3.29. The monoisotopic (exact) mass is 371 g/mol. The summed E-state index contributed by atoms with van der Waals surface area (Å²) >= 11 is 0. The van der Waals surface area contributed by atoms with E-state index in [1.807, 2.05) is 4.90 Å². The average molecular weight is 371 g/mol. The summed E-state index contributed by atoms with van der Waals surface area (Å²) < 4.78 is 20.0. The molecule has 27 heavy (non-hydrogen) atoms. The molecule has 0 saturated carbocycles. The molecule has 2 aliphatic heterocycles. The smallest absolute Gasteiger partial charge is 0.414 e. The van der Waals surface area contributed by atoms with Crippen molar-refractivity contribution in [3.8, 4) is 0 Å². The van der Waals surface area contributed by atoms with E-state index in [4.69, 9.17) is 4.74 Å². The van der Waals surface area contributed by atoms with Gasteiger partial charge in [0.15, 0.2) is 0 Å². The minimum atomic E-state index is -0.554. The lowest BCUT2D eigenvalue weighted by Crippen LogP contribution is -2.33. The Hall–Kier alpha value is -3.23. The Morgan fingerprint density at radius 1 is 1.41 bits per heavy atom. The average Bonchev–Trinajstić information content (AvgIpc) is 3.23. The summed E-state index contributed by atoms with van der Waals surface area (Å²) in [5, 5.41) is 2.61. The summed E-state index contributed by atoms with van der Waals surface area (Å²) in [5.41, 5.74) is 2.73. The molecule has 2 amide bonds. The lowest BCUT2D eigenvalue weighted by molar-refractivity contribution is -0.119. The predicted octanol–water partition coefficient (Wildman–Crippen LogP) is 1.60. The molecule has 1 atom stereocenters. The zero-order chi connectivity index (χ0) is 19.0. The number of halogens is 1. The minimum absolute atomic E-state index is 0.198. The molecule has 9 heteroatoms. The van der Waals surface area contributed by atoms with Gasteiger partial charge in [0.25, 0.3) is 0 Å². The summed E-state index contributed by atoms with van der Waals surface area (Å²) in [4.78, 5) is 34.5. The van der Waals surface area contributed by atoms with E-state index < -0.39 is 18.0 Å². The first-order valence-electron chi connectivity index (χ1n) is 8.56. The van der Waals surface area contributed by atoms with Gasteiger partial charge in [-0.15, -0.1) is 0 Å². The van der Waals surface area contributed by atoms with Crippen LogP contribution in [0.2, 0.25) is 0 Å². The summed E-state index contributed by atoms with van der Waals surface area (Å²) in [6.45, 7) is 2.92. The van der Waals surface area contributed by atoms with Crippen LogP contribution < -0.4 is 15.1 Å². The zero-order valence-electron chi connectivity index (χ0n) is 14.7. The van der Waals surface area contributed by atoms with E-state index >= 15 is 0 Å². The van der Waals surface area contributed by atoms with Gasteiger partial charge in [0, 0.05) is 25.2 Å². The normalized spacial score (nSPS) is 18.4. The SMILES string of the molecule is CC(=O)NC[C@H]1CN(c2ccc(N3Cc4cncnc4C3)c(F)c2)C(=O)O1. The molecule has 2 aliphatic rings. The quantitative estimate of drug-likeness (QED) is 0.878. The molecule has 0 radical (unpaired) electrons. The van der Waals surface area contributed by atoms with Crippen LogP contribution in [0.4, 0.5) is 20.6 Å². The van der Waals surface area contributed by atoms with E-state index in [-0.39, 0.29) is 19.0 Å². The zero-order valence-corrected chi connectivity index (χ0v) is 14.7. The van der Waals surface area contributed by atoms with Crippen molar-refractivity contribution in [1.29, 1.82) is 0 Å². The van der Waals surface area contributed by atoms with Gasteiger partial charge in [-0.25, -0.2) is 19.2 Å². The number of amides is 2. The van der Waals surface area contributed by atoms with E-state index in [0.717, 1.165) is 11.3 Å². The van der Waals surface area contributed by atoms with Crippen molar-refractivity contribution in [2.45, 2.75) is 26.1 Å². The number of ether oxygens (including phenoxy) is 1. The molecule has 3 heterocycles. The van der Waals surface area contributed by atoms with Crippen LogP contribution in [-0.4, -0.2) is 41.2 Å². The Bertz CT molecular complexity index is 881. The van der Waals surface area contributed by atoms with Gasteiger partial charge in [-0.05, 0) is 18.2 Å². The molecular weight excluding hydrogens is 353 g/mol. The van der Waals surface area contributed by atoms with Crippen molar-refractivity contribution in [1.82, 2.24) is 15.3 Å². The molecule has 2 aromatic rings. The first-order valence-corrected chi connectivity index (χ1v) is 8.56. The Labute approximate surface area is 155 Å². The van der Waals surface area contributed by atoms with E-state index in [9.17, 15) is 14.0 Å². The van der Waals surface area contributed by atoms with Gasteiger partial charge in [0.1, 0.15) is 18.2 Å². The second-order valence-electron chi connectivity index (χ2n) is 6.54. The molecule has 1 aromatic heterocycles. The van der Waals surface area contributed by atoms with Crippen molar-refractivity contribution in [3.05, 3.63) is 47.8 Å². The molecule has 1 N–H and O–H groups in total. The molecule has 0 unspecified atom stereocenters. The lowest BCUT2D eigenvalue weighted by Gasteiger charge is -2.20. The van der Waals surface area contributed by atoms with Crippen LogP contribution in [0.1, 0.15) is 18.2 Å². The van der Waals surface area contributed by atoms with Crippen LogP contribution in [0, 0.1) is 5.82 Å². The number of nitrogens with zero attached hydrogens (tertiary/aromatic N) is 4. The number of carbonyl (C=O) groups is 2. The largest absolute Gasteiger partial charge is 0.442 e. The molecule has 8 nitrogen and oxygen atoms in total. The Kier molecular flexibility index (Phi) is 4.35. The highest BCUT2D eigenvalue weighted by Crippen LogP contribution is 2.32. The van der Waals surface area contributed by atoms with Crippen LogP contribution >= 0.6 is 0 Å². The van der Waals surface area contributed by atoms with Crippen LogP contribution in [0.5, 0.6) is 0 Å². The number of benzene rings is 1. The Balaban J connectivity index is 1.48. The van der Waals surface area contributed by atoms with Crippen molar-refractivity contribution in [3.63, 3.8) is 0 Å². The van der Waals surface area contributed by atoms with Gasteiger partial charge < -0.3 is 15.0 Å². The fourth-order valence-corrected chi connectivity index (χ4v) is 3.29. The minimum Gasteiger partial charge on any atom is -0.442 e. The summed E-state index contributed by atoms with van der Waals surface area (Å²) in [6.07, 6.45) is 2.21. The highest BCUT2D eigenvalue weighted by atomic mass is 19.1. The molecule has 4 rings (SSSR count). The number of cyclic esters (lactones) is 1. The fraction of sp³-hybridized carbons (Fsp3) is 0.333. The third kappa shape index (κ3) is 3.40. The first-order chi connectivity index (χ1) is 13.0. The van der Waals surface area contributed by atoms with Gasteiger partial charge in [-0.3, -0.25) is 9.69 Å². The third-order valence-corrected chi connectivity index (χ3v) is 4.62. The number of rotatable bonds is 4. The second kappa shape index (κ2) is 6.82. The van der Waals surface area contributed by atoms with Gasteiger partial charge in [0.05, 0.1) is 36.7 Å².